The van der Waals surface area contributed by atoms with Gasteiger partial charge in [0.25, 0.3) is 5.91 Å². The lowest BCUT2D eigenvalue weighted by Crippen LogP contribution is -2.59. The topological polar surface area (TPSA) is 75.9 Å². The van der Waals surface area contributed by atoms with Gasteiger partial charge in [0, 0.05) is 6.54 Å². The van der Waals surface area contributed by atoms with Gasteiger partial charge in [-0.15, -0.1) is 0 Å². The number of amides is 2. The van der Waals surface area contributed by atoms with E-state index in [1.54, 1.807) is 11.8 Å². The summed E-state index contributed by atoms with van der Waals surface area (Å²) in [6, 6.07) is 0. The van der Waals surface area contributed by atoms with Gasteiger partial charge in [-0.2, -0.15) is 0 Å². The second-order valence-corrected chi connectivity index (χ2v) is 5.24. The molecule has 0 saturated carbocycles. The number of carbonyl (C=O) groups is 2. The molecule has 0 spiro atoms. The quantitative estimate of drug-likeness (QED) is 0.715. The zero-order valence-corrected chi connectivity index (χ0v) is 10.9. The van der Waals surface area contributed by atoms with E-state index in [1.807, 2.05) is 0 Å². The largest absolute Gasteiger partial charge is 0.367 e. The molecule has 2 fully saturated rings. The van der Waals surface area contributed by atoms with Gasteiger partial charge in [0.15, 0.2) is 5.60 Å². The number of nitrogens with zero attached hydrogens (tertiary/aromatic N) is 2. The van der Waals surface area contributed by atoms with E-state index in [-0.39, 0.29) is 12.5 Å². The molecule has 2 N–H and O–H groups in total. The Morgan fingerprint density at radius 1 is 1.28 bits per heavy atom. The van der Waals surface area contributed by atoms with Crippen molar-refractivity contribution in [2.45, 2.75) is 25.4 Å². The SMILES string of the molecule is C[C@@]1(C(N)=O)CN(C(=O)CN2CCCC2)CCO1. The van der Waals surface area contributed by atoms with Crippen LogP contribution in [0, 0.1) is 0 Å². The van der Waals surface area contributed by atoms with E-state index in [4.69, 9.17) is 10.5 Å². The molecule has 0 radical (unpaired) electrons. The van der Waals surface area contributed by atoms with Gasteiger partial charge in [-0.1, -0.05) is 0 Å². The third kappa shape index (κ3) is 2.81. The zero-order chi connectivity index (χ0) is 13.2. The number of primary amides is 1. The van der Waals surface area contributed by atoms with E-state index in [0.717, 1.165) is 25.9 Å². The highest BCUT2D eigenvalue weighted by atomic mass is 16.5. The molecule has 2 heterocycles. The van der Waals surface area contributed by atoms with Crippen molar-refractivity contribution < 1.29 is 14.3 Å². The summed E-state index contributed by atoms with van der Waals surface area (Å²) in [5.41, 5.74) is 4.27. The Labute approximate surface area is 107 Å². The van der Waals surface area contributed by atoms with E-state index < -0.39 is 11.5 Å². The second-order valence-electron chi connectivity index (χ2n) is 5.24. The highest BCUT2D eigenvalue weighted by molar-refractivity contribution is 5.85. The maximum atomic E-state index is 12.1. The van der Waals surface area contributed by atoms with Crippen molar-refractivity contribution in [1.82, 2.24) is 9.80 Å². The fourth-order valence-electron chi connectivity index (χ4n) is 2.46. The summed E-state index contributed by atoms with van der Waals surface area (Å²) < 4.78 is 5.40. The minimum Gasteiger partial charge on any atom is -0.367 e. The molecule has 6 heteroatoms. The van der Waals surface area contributed by atoms with Crippen LogP contribution in [0.4, 0.5) is 0 Å². The summed E-state index contributed by atoms with van der Waals surface area (Å²) in [4.78, 5) is 27.3. The second kappa shape index (κ2) is 5.24. The first-order valence-corrected chi connectivity index (χ1v) is 6.45. The highest BCUT2D eigenvalue weighted by Gasteiger charge is 2.39. The molecule has 2 aliphatic heterocycles. The number of rotatable bonds is 3. The number of hydrogen-bond donors (Lipinski definition) is 1. The first-order chi connectivity index (χ1) is 8.51. The number of ether oxygens (including phenoxy) is 1. The third-order valence-corrected chi connectivity index (χ3v) is 3.71. The molecule has 0 aromatic rings. The van der Waals surface area contributed by atoms with Crippen LogP contribution in [-0.4, -0.2) is 66.5 Å². The van der Waals surface area contributed by atoms with Gasteiger partial charge >= 0.3 is 0 Å². The van der Waals surface area contributed by atoms with Crippen LogP contribution in [0.3, 0.4) is 0 Å². The Balaban J connectivity index is 1.91. The van der Waals surface area contributed by atoms with E-state index in [1.165, 1.54) is 0 Å². The van der Waals surface area contributed by atoms with Gasteiger partial charge in [0.2, 0.25) is 5.91 Å². The van der Waals surface area contributed by atoms with Crippen molar-refractivity contribution in [3.05, 3.63) is 0 Å². The smallest absolute Gasteiger partial charge is 0.251 e. The van der Waals surface area contributed by atoms with Crippen LogP contribution in [0.2, 0.25) is 0 Å². The van der Waals surface area contributed by atoms with E-state index in [0.29, 0.717) is 19.7 Å². The minimum absolute atomic E-state index is 0.0627. The average Bonchev–Trinajstić information content (AvgIpc) is 2.81. The predicted molar refractivity (Wildman–Crippen MR) is 65.8 cm³/mol. The van der Waals surface area contributed by atoms with E-state index in [9.17, 15) is 9.59 Å². The van der Waals surface area contributed by atoms with Crippen molar-refractivity contribution in [3.8, 4) is 0 Å². The van der Waals surface area contributed by atoms with Gasteiger partial charge in [-0.3, -0.25) is 14.5 Å². The van der Waals surface area contributed by atoms with Gasteiger partial charge < -0.3 is 15.4 Å². The van der Waals surface area contributed by atoms with Crippen molar-refractivity contribution in [1.29, 1.82) is 0 Å². The molecule has 102 valence electrons. The molecule has 1 atom stereocenters. The lowest BCUT2D eigenvalue weighted by molar-refractivity contribution is -0.160. The lowest BCUT2D eigenvalue weighted by atomic mass is 10.0. The number of morpholine rings is 1. The van der Waals surface area contributed by atoms with Gasteiger partial charge in [-0.25, -0.2) is 0 Å². The van der Waals surface area contributed by atoms with Gasteiger partial charge in [0.1, 0.15) is 0 Å². The fraction of sp³-hybridized carbons (Fsp3) is 0.833. The number of nitrogens with two attached hydrogens (primary N) is 1. The Morgan fingerprint density at radius 3 is 2.56 bits per heavy atom. The monoisotopic (exact) mass is 255 g/mol. The molecule has 0 aromatic heterocycles. The zero-order valence-electron chi connectivity index (χ0n) is 10.9. The molecular formula is C12H21N3O3. The summed E-state index contributed by atoms with van der Waals surface area (Å²) in [6.45, 7) is 5.22. The van der Waals surface area contributed by atoms with E-state index in [2.05, 4.69) is 4.90 Å². The van der Waals surface area contributed by atoms with Crippen LogP contribution in [0.25, 0.3) is 0 Å². The number of carbonyl (C=O) groups excluding carboxylic acids is 2. The van der Waals surface area contributed by atoms with Crippen molar-refractivity contribution in [3.63, 3.8) is 0 Å². The average molecular weight is 255 g/mol. The standard InChI is InChI=1S/C12H21N3O3/c1-12(11(13)17)9-15(6-7-18-12)10(16)8-14-4-2-3-5-14/h2-9H2,1H3,(H2,13,17)/t12-/m0/s1. The molecule has 0 aromatic carbocycles. The summed E-state index contributed by atoms with van der Waals surface area (Å²) in [5, 5.41) is 0. The molecule has 0 bridgehead atoms. The molecule has 2 saturated heterocycles. The lowest BCUT2D eigenvalue weighted by Gasteiger charge is -2.38. The molecule has 0 unspecified atom stereocenters. The van der Waals surface area contributed by atoms with Crippen molar-refractivity contribution >= 4 is 11.8 Å². The van der Waals surface area contributed by atoms with Crippen molar-refractivity contribution in [2.75, 3.05) is 39.3 Å². The molecule has 2 rings (SSSR count). The molecule has 6 nitrogen and oxygen atoms in total. The summed E-state index contributed by atoms with van der Waals surface area (Å²) in [5.74, 6) is -0.450. The van der Waals surface area contributed by atoms with Crippen LogP contribution in [0.15, 0.2) is 0 Å². The van der Waals surface area contributed by atoms with Gasteiger partial charge in [-0.05, 0) is 32.9 Å². The normalized spacial score (nSPS) is 29.5. The Hall–Kier alpha value is -1.14. The Bertz CT molecular complexity index is 341. The van der Waals surface area contributed by atoms with Crippen molar-refractivity contribution in [2.24, 2.45) is 5.73 Å². The molecule has 0 aliphatic carbocycles. The molecule has 2 amide bonds. The first-order valence-electron chi connectivity index (χ1n) is 6.45. The van der Waals surface area contributed by atoms with E-state index >= 15 is 0 Å². The summed E-state index contributed by atoms with van der Waals surface area (Å²) in [7, 11) is 0. The molecular weight excluding hydrogens is 234 g/mol. The molecule has 18 heavy (non-hydrogen) atoms. The highest BCUT2D eigenvalue weighted by Crippen LogP contribution is 2.18. The fourth-order valence-corrected chi connectivity index (χ4v) is 2.46. The maximum absolute atomic E-state index is 12.1. The third-order valence-electron chi connectivity index (χ3n) is 3.71. The minimum atomic E-state index is -1.04. The summed E-state index contributed by atoms with van der Waals surface area (Å²) >= 11 is 0. The first kappa shape index (κ1) is 13.3. The molecule has 2 aliphatic rings. The van der Waals surface area contributed by atoms with Crippen LogP contribution < -0.4 is 5.73 Å². The van der Waals surface area contributed by atoms with Crippen LogP contribution in [0.1, 0.15) is 19.8 Å². The summed E-state index contributed by atoms with van der Waals surface area (Å²) in [6.07, 6.45) is 2.32. The number of likely N-dealkylation sites (tertiary alicyclic amines) is 1. The van der Waals surface area contributed by atoms with Crippen LogP contribution >= 0.6 is 0 Å². The maximum Gasteiger partial charge on any atom is 0.251 e. The van der Waals surface area contributed by atoms with Crippen LogP contribution in [-0.2, 0) is 14.3 Å². The van der Waals surface area contributed by atoms with Crippen LogP contribution in [0.5, 0.6) is 0 Å². The van der Waals surface area contributed by atoms with Gasteiger partial charge in [0.05, 0.1) is 19.7 Å². The Kier molecular flexibility index (Phi) is 3.87. The number of hydrogen-bond acceptors (Lipinski definition) is 4. The Morgan fingerprint density at radius 2 is 1.94 bits per heavy atom. The predicted octanol–water partition coefficient (Wildman–Crippen LogP) is -0.815.